The molecule has 1 N–H and O–H groups in total. The summed E-state index contributed by atoms with van der Waals surface area (Å²) < 4.78 is 17.2. The molecule has 0 aliphatic carbocycles. The average Bonchev–Trinajstić information content (AvgIpc) is 2.95. The van der Waals surface area contributed by atoms with Crippen molar-refractivity contribution >= 4 is 17.8 Å². The molecule has 188 valence electrons. The van der Waals surface area contributed by atoms with Gasteiger partial charge in [0.1, 0.15) is 5.70 Å². The molecular formula is C29H26N2O6. The Balaban J connectivity index is 1.40. The molecule has 3 aromatic carbocycles. The summed E-state index contributed by atoms with van der Waals surface area (Å²) in [6.45, 7) is 0.148. The maximum Gasteiger partial charge on any atom is 0.356 e. The maximum absolute atomic E-state index is 13.7. The first-order valence-corrected chi connectivity index (χ1v) is 11.9. The summed E-state index contributed by atoms with van der Waals surface area (Å²) in [6, 6.07) is 26.5. The molecule has 0 saturated carbocycles. The molecule has 5 rings (SSSR count). The first-order valence-electron chi connectivity index (χ1n) is 11.9. The van der Waals surface area contributed by atoms with Crippen molar-refractivity contribution in [3.63, 3.8) is 0 Å². The van der Waals surface area contributed by atoms with Crippen molar-refractivity contribution < 1.29 is 28.6 Å². The minimum Gasteiger partial charge on any atom is -0.448 e. The molecule has 2 amide bonds. The lowest BCUT2D eigenvalue weighted by atomic mass is 9.97. The van der Waals surface area contributed by atoms with Crippen molar-refractivity contribution in [3.8, 4) is 0 Å². The van der Waals surface area contributed by atoms with Gasteiger partial charge in [0.25, 0.3) is 11.8 Å². The van der Waals surface area contributed by atoms with Crippen LogP contribution < -0.4 is 5.32 Å². The van der Waals surface area contributed by atoms with Crippen LogP contribution in [0.25, 0.3) is 0 Å². The molecule has 2 aliphatic heterocycles. The number of hydrogen-bond acceptors (Lipinski definition) is 6. The molecule has 0 bridgehead atoms. The van der Waals surface area contributed by atoms with E-state index in [1.807, 2.05) is 60.7 Å². The summed E-state index contributed by atoms with van der Waals surface area (Å²) >= 11 is 0. The Bertz CT molecular complexity index is 1270. The second-order valence-electron chi connectivity index (χ2n) is 8.72. The molecule has 0 radical (unpaired) electrons. The number of β-lactam (4-membered cyclic amide) rings is 1. The zero-order valence-electron chi connectivity index (χ0n) is 20.2. The Morgan fingerprint density at radius 1 is 0.946 bits per heavy atom. The van der Waals surface area contributed by atoms with Gasteiger partial charge in [0, 0.05) is 18.2 Å². The zero-order valence-corrected chi connectivity index (χ0v) is 20.2. The molecule has 8 nitrogen and oxygen atoms in total. The Labute approximate surface area is 214 Å². The van der Waals surface area contributed by atoms with Gasteiger partial charge in [0.15, 0.2) is 18.4 Å². The van der Waals surface area contributed by atoms with Gasteiger partial charge < -0.3 is 19.5 Å². The van der Waals surface area contributed by atoms with E-state index in [-0.39, 0.29) is 18.9 Å². The van der Waals surface area contributed by atoms with E-state index in [0.29, 0.717) is 11.1 Å². The van der Waals surface area contributed by atoms with Crippen LogP contribution >= 0.6 is 0 Å². The van der Waals surface area contributed by atoms with Crippen LogP contribution in [0.5, 0.6) is 0 Å². The summed E-state index contributed by atoms with van der Waals surface area (Å²) in [6.07, 6.45) is -1.51. The fraction of sp³-hybridized carbons (Fsp3) is 0.207. The van der Waals surface area contributed by atoms with E-state index in [1.54, 1.807) is 30.3 Å². The van der Waals surface area contributed by atoms with Crippen molar-refractivity contribution in [1.82, 2.24) is 10.2 Å². The molecule has 2 aliphatic rings. The summed E-state index contributed by atoms with van der Waals surface area (Å²) in [5.74, 6) is -1.52. The number of hydrogen-bond donors (Lipinski definition) is 1. The normalized spacial score (nSPS) is 18.8. The average molecular weight is 499 g/mol. The number of fused-ring (bicyclic) bond motifs is 1. The van der Waals surface area contributed by atoms with Crippen molar-refractivity contribution in [2.75, 3.05) is 20.3 Å². The number of benzene rings is 3. The highest BCUT2D eigenvalue weighted by molar-refractivity contribution is 6.04. The predicted molar refractivity (Wildman–Crippen MR) is 134 cm³/mol. The Morgan fingerprint density at radius 2 is 1.51 bits per heavy atom. The lowest BCUT2D eigenvalue weighted by molar-refractivity contribution is -0.185. The molecule has 1 fully saturated rings. The smallest absolute Gasteiger partial charge is 0.356 e. The summed E-state index contributed by atoms with van der Waals surface area (Å²) in [7, 11) is 1.50. The first kappa shape index (κ1) is 24.4. The second-order valence-corrected chi connectivity index (χ2v) is 8.72. The molecular weight excluding hydrogens is 472 g/mol. The SMILES string of the molecule is COCC1=C(C(=O)OC(c2ccccc2)c2ccccc2)N2C(=O)[C@H](NC(=O)c3ccccc3)[C@H]2OC1. The first-order chi connectivity index (χ1) is 18.1. The van der Waals surface area contributed by atoms with Gasteiger partial charge in [-0.15, -0.1) is 0 Å². The lowest BCUT2D eigenvalue weighted by Crippen LogP contribution is -2.73. The molecule has 3 aromatic rings. The van der Waals surface area contributed by atoms with E-state index in [2.05, 4.69) is 5.32 Å². The van der Waals surface area contributed by atoms with E-state index in [9.17, 15) is 14.4 Å². The molecule has 2 atom stereocenters. The monoisotopic (exact) mass is 498 g/mol. The standard InChI is InChI=1S/C29H26N2O6/c1-35-17-22-18-36-28-23(30-26(32)21-15-9-4-10-16-21)27(33)31(28)24(22)29(34)37-25(19-11-5-2-6-12-19)20-13-7-3-8-14-20/h2-16,23,25,28H,17-18H2,1H3,(H,30,32)/t23-,28+/m0/s1. The second kappa shape index (κ2) is 10.8. The van der Waals surface area contributed by atoms with E-state index in [4.69, 9.17) is 14.2 Å². The fourth-order valence-corrected chi connectivity index (χ4v) is 4.52. The number of carbonyl (C=O) groups excluding carboxylic acids is 3. The molecule has 0 aromatic heterocycles. The van der Waals surface area contributed by atoms with Crippen LogP contribution in [0.15, 0.2) is 102 Å². The predicted octanol–water partition coefficient (Wildman–Crippen LogP) is 3.22. The van der Waals surface area contributed by atoms with Crippen LogP contribution in [0.1, 0.15) is 27.6 Å². The Morgan fingerprint density at radius 3 is 2.08 bits per heavy atom. The van der Waals surface area contributed by atoms with Gasteiger partial charge in [0.05, 0.1) is 13.2 Å². The third-order valence-electron chi connectivity index (χ3n) is 6.31. The number of ether oxygens (including phenoxy) is 3. The summed E-state index contributed by atoms with van der Waals surface area (Å²) in [5.41, 5.74) is 2.59. The van der Waals surface area contributed by atoms with Gasteiger partial charge in [-0.2, -0.15) is 0 Å². The van der Waals surface area contributed by atoms with Crippen LogP contribution in [0, 0.1) is 0 Å². The van der Waals surface area contributed by atoms with Crippen LogP contribution in [0.4, 0.5) is 0 Å². The number of nitrogens with zero attached hydrogens (tertiary/aromatic N) is 1. The van der Waals surface area contributed by atoms with Crippen LogP contribution in [0.2, 0.25) is 0 Å². The van der Waals surface area contributed by atoms with Gasteiger partial charge in [-0.3, -0.25) is 14.5 Å². The van der Waals surface area contributed by atoms with Gasteiger partial charge >= 0.3 is 5.97 Å². The fourth-order valence-electron chi connectivity index (χ4n) is 4.52. The largest absolute Gasteiger partial charge is 0.448 e. The lowest BCUT2D eigenvalue weighted by Gasteiger charge is -2.49. The van der Waals surface area contributed by atoms with Gasteiger partial charge in [0.2, 0.25) is 0 Å². The van der Waals surface area contributed by atoms with Gasteiger partial charge in [-0.1, -0.05) is 78.9 Å². The molecule has 1 saturated heterocycles. The van der Waals surface area contributed by atoms with E-state index in [1.165, 1.54) is 12.0 Å². The van der Waals surface area contributed by atoms with Crippen molar-refractivity contribution in [1.29, 1.82) is 0 Å². The number of amides is 2. The van der Waals surface area contributed by atoms with E-state index >= 15 is 0 Å². The zero-order chi connectivity index (χ0) is 25.8. The Kier molecular flexibility index (Phi) is 7.11. The van der Waals surface area contributed by atoms with E-state index in [0.717, 1.165) is 11.1 Å². The highest BCUT2D eigenvalue weighted by Crippen LogP contribution is 2.35. The van der Waals surface area contributed by atoms with Crippen LogP contribution in [-0.2, 0) is 23.8 Å². The third kappa shape index (κ3) is 4.89. The van der Waals surface area contributed by atoms with Crippen molar-refractivity contribution in [2.24, 2.45) is 0 Å². The number of carbonyl (C=O) groups is 3. The third-order valence-corrected chi connectivity index (χ3v) is 6.31. The van der Waals surface area contributed by atoms with Gasteiger partial charge in [-0.05, 0) is 23.3 Å². The van der Waals surface area contributed by atoms with Gasteiger partial charge in [-0.25, -0.2) is 4.79 Å². The van der Waals surface area contributed by atoms with Crippen LogP contribution in [0.3, 0.4) is 0 Å². The minimum absolute atomic E-state index is 0.0613. The quantitative estimate of drug-likeness (QED) is 0.379. The molecule has 8 heteroatoms. The topological polar surface area (TPSA) is 94.2 Å². The summed E-state index contributed by atoms with van der Waals surface area (Å²) in [5, 5.41) is 2.72. The number of methoxy groups -OCH3 is 1. The highest BCUT2D eigenvalue weighted by Gasteiger charge is 2.55. The molecule has 0 unspecified atom stereocenters. The number of nitrogens with one attached hydrogen (secondary N) is 1. The number of esters is 1. The Hall–Kier alpha value is -4.27. The molecule has 0 spiro atoms. The van der Waals surface area contributed by atoms with Crippen molar-refractivity contribution in [3.05, 3.63) is 119 Å². The maximum atomic E-state index is 13.7. The van der Waals surface area contributed by atoms with E-state index < -0.39 is 36.2 Å². The van der Waals surface area contributed by atoms with Crippen molar-refractivity contribution in [2.45, 2.75) is 18.4 Å². The molecule has 2 heterocycles. The minimum atomic E-state index is -0.918. The molecule has 37 heavy (non-hydrogen) atoms. The highest BCUT2D eigenvalue weighted by atomic mass is 16.6. The summed E-state index contributed by atoms with van der Waals surface area (Å²) in [4.78, 5) is 40.8. The number of rotatable bonds is 8. The van der Waals surface area contributed by atoms with Crippen LogP contribution in [-0.4, -0.2) is 55.3 Å².